The van der Waals surface area contributed by atoms with Crippen molar-refractivity contribution in [2.75, 3.05) is 12.8 Å². The van der Waals surface area contributed by atoms with E-state index in [1.165, 1.54) is 25.8 Å². The van der Waals surface area contributed by atoms with Crippen molar-refractivity contribution in [1.82, 2.24) is 20.1 Å². The highest BCUT2D eigenvalue weighted by Gasteiger charge is 2.16. The van der Waals surface area contributed by atoms with Gasteiger partial charge in [0.1, 0.15) is 40.9 Å². The van der Waals surface area contributed by atoms with Crippen LogP contribution in [0.3, 0.4) is 0 Å². The summed E-state index contributed by atoms with van der Waals surface area (Å²) in [5.74, 6) is 0.190. The van der Waals surface area contributed by atoms with E-state index in [4.69, 9.17) is 15.0 Å². The van der Waals surface area contributed by atoms with Crippen LogP contribution in [-0.4, -0.2) is 27.2 Å². The SMILES string of the molecule is COc1cc(-c2cc(-c3ccon3)ccc2F)nc2c(N)ncnc12. The van der Waals surface area contributed by atoms with Crippen molar-refractivity contribution in [2.24, 2.45) is 0 Å². The minimum atomic E-state index is -0.434. The van der Waals surface area contributed by atoms with Crippen LogP contribution in [0.4, 0.5) is 10.2 Å². The lowest BCUT2D eigenvalue weighted by Crippen LogP contribution is -2.00. The normalized spacial score (nSPS) is 11.0. The van der Waals surface area contributed by atoms with Crippen LogP contribution in [0.25, 0.3) is 33.5 Å². The lowest BCUT2D eigenvalue weighted by molar-refractivity contribution is 0.418. The summed E-state index contributed by atoms with van der Waals surface area (Å²) >= 11 is 0. The number of methoxy groups -OCH3 is 1. The number of pyridine rings is 1. The van der Waals surface area contributed by atoms with Crippen LogP contribution in [0.15, 0.2) is 47.4 Å². The highest BCUT2D eigenvalue weighted by atomic mass is 19.1. The number of nitrogen functional groups attached to an aromatic ring is 1. The van der Waals surface area contributed by atoms with E-state index in [1.807, 2.05) is 0 Å². The van der Waals surface area contributed by atoms with Gasteiger partial charge in [0.2, 0.25) is 0 Å². The summed E-state index contributed by atoms with van der Waals surface area (Å²) in [6.07, 6.45) is 2.78. The zero-order valence-electron chi connectivity index (χ0n) is 13.1. The number of anilines is 1. The van der Waals surface area contributed by atoms with Gasteiger partial charge in [-0.1, -0.05) is 5.16 Å². The van der Waals surface area contributed by atoms with Crippen molar-refractivity contribution >= 4 is 16.9 Å². The molecule has 0 bridgehead atoms. The average molecular weight is 337 g/mol. The Labute approximate surface area is 141 Å². The average Bonchev–Trinajstić information content (AvgIpc) is 3.16. The number of benzene rings is 1. The second kappa shape index (κ2) is 5.82. The van der Waals surface area contributed by atoms with Crippen LogP contribution in [0.5, 0.6) is 5.75 Å². The zero-order valence-corrected chi connectivity index (χ0v) is 13.1. The first kappa shape index (κ1) is 15.0. The molecule has 0 spiro atoms. The van der Waals surface area contributed by atoms with E-state index in [0.717, 1.165) is 0 Å². The summed E-state index contributed by atoms with van der Waals surface area (Å²) in [5.41, 5.74) is 8.63. The van der Waals surface area contributed by atoms with Gasteiger partial charge in [0.25, 0.3) is 0 Å². The molecule has 2 N–H and O–H groups in total. The standard InChI is InChI=1S/C17H12FN5O2/c1-24-14-7-13(22-16-15(14)20-8-21-17(16)19)10-6-9(2-3-11(10)18)12-4-5-25-23-12/h2-8H,1H3,(H2,19,20,21). The minimum Gasteiger partial charge on any atom is -0.494 e. The first-order valence-electron chi connectivity index (χ1n) is 7.33. The molecule has 0 saturated heterocycles. The van der Waals surface area contributed by atoms with E-state index in [-0.39, 0.29) is 11.4 Å². The molecular formula is C17H12FN5O2. The molecular weight excluding hydrogens is 325 g/mol. The minimum absolute atomic E-state index is 0.193. The van der Waals surface area contributed by atoms with Gasteiger partial charge in [0, 0.05) is 23.3 Å². The van der Waals surface area contributed by atoms with Gasteiger partial charge in [-0.2, -0.15) is 0 Å². The van der Waals surface area contributed by atoms with Crippen molar-refractivity contribution in [2.45, 2.75) is 0 Å². The maximum Gasteiger partial charge on any atom is 0.153 e. The van der Waals surface area contributed by atoms with Gasteiger partial charge in [-0.3, -0.25) is 0 Å². The Morgan fingerprint density at radius 2 is 1.96 bits per heavy atom. The Balaban J connectivity index is 1.95. The van der Waals surface area contributed by atoms with Crippen LogP contribution in [0.1, 0.15) is 0 Å². The van der Waals surface area contributed by atoms with Crippen LogP contribution in [0.2, 0.25) is 0 Å². The van der Waals surface area contributed by atoms with Gasteiger partial charge < -0.3 is 15.0 Å². The van der Waals surface area contributed by atoms with E-state index >= 15 is 0 Å². The van der Waals surface area contributed by atoms with Gasteiger partial charge in [-0.05, 0) is 18.2 Å². The monoisotopic (exact) mass is 337 g/mol. The van der Waals surface area contributed by atoms with Crippen molar-refractivity contribution < 1.29 is 13.7 Å². The second-order valence-electron chi connectivity index (χ2n) is 5.25. The summed E-state index contributed by atoms with van der Waals surface area (Å²) in [6.45, 7) is 0. The van der Waals surface area contributed by atoms with Crippen LogP contribution in [-0.2, 0) is 0 Å². The first-order chi connectivity index (χ1) is 12.2. The largest absolute Gasteiger partial charge is 0.494 e. The van der Waals surface area contributed by atoms with Gasteiger partial charge >= 0.3 is 0 Å². The molecule has 0 aliphatic heterocycles. The molecule has 3 heterocycles. The van der Waals surface area contributed by atoms with Crippen LogP contribution >= 0.6 is 0 Å². The molecule has 0 aliphatic carbocycles. The Morgan fingerprint density at radius 1 is 1.08 bits per heavy atom. The Hall–Kier alpha value is -3.55. The van der Waals surface area contributed by atoms with Gasteiger partial charge in [0.15, 0.2) is 5.82 Å². The number of rotatable bonds is 3. The van der Waals surface area contributed by atoms with Gasteiger partial charge in [-0.15, -0.1) is 0 Å². The predicted octanol–water partition coefficient (Wildman–Crippen LogP) is 3.08. The lowest BCUT2D eigenvalue weighted by Gasteiger charge is -2.10. The molecule has 0 aliphatic rings. The molecule has 4 rings (SSSR count). The number of halogens is 1. The molecule has 3 aromatic heterocycles. The molecule has 8 heteroatoms. The number of ether oxygens (including phenoxy) is 1. The molecule has 0 atom stereocenters. The third kappa shape index (κ3) is 2.53. The van der Waals surface area contributed by atoms with E-state index in [0.29, 0.717) is 33.7 Å². The summed E-state index contributed by atoms with van der Waals surface area (Å²) in [6, 6.07) is 7.91. The highest BCUT2D eigenvalue weighted by Crippen LogP contribution is 2.33. The van der Waals surface area contributed by atoms with E-state index in [9.17, 15) is 4.39 Å². The van der Waals surface area contributed by atoms with E-state index < -0.39 is 5.82 Å². The fourth-order valence-electron chi connectivity index (χ4n) is 2.56. The predicted molar refractivity (Wildman–Crippen MR) is 89.2 cm³/mol. The van der Waals surface area contributed by atoms with Crippen LogP contribution in [0, 0.1) is 5.82 Å². The third-order valence-corrected chi connectivity index (χ3v) is 3.78. The molecule has 0 unspecified atom stereocenters. The molecule has 4 aromatic rings. The smallest absolute Gasteiger partial charge is 0.153 e. The summed E-state index contributed by atoms with van der Waals surface area (Å²) in [5, 5.41) is 3.87. The Morgan fingerprint density at radius 3 is 2.72 bits per heavy atom. The van der Waals surface area contributed by atoms with E-state index in [2.05, 4.69) is 20.1 Å². The number of aromatic nitrogens is 4. The fourth-order valence-corrected chi connectivity index (χ4v) is 2.56. The second-order valence-corrected chi connectivity index (χ2v) is 5.25. The molecule has 7 nitrogen and oxygen atoms in total. The van der Waals surface area contributed by atoms with Crippen molar-refractivity contribution in [3.63, 3.8) is 0 Å². The topological polar surface area (TPSA) is 100.0 Å². The quantitative estimate of drug-likeness (QED) is 0.613. The van der Waals surface area contributed by atoms with Crippen molar-refractivity contribution in [3.05, 3.63) is 48.7 Å². The summed E-state index contributed by atoms with van der Waals surface area (Å²) in [7, 11) is 1.50. The maximum atomic E-state index is 14.4. The number of hydrogen-bond donors (Lipinski definition) is 1. The highest BCUT2D eigenvalue weighted by molar-refractivity contribution is 5.91. The Bertz CT molecular complexity index is 1070. The van der Waals surface area contributed by atoms with Gasteiger partial charge in [-0.25, -0.2) is 19.3 Å². The van der Waals surface area contributed by atoms with Gasteiger partial charge in [0.05, 0.1) is 12.8 Å². The maximum absolute atomic E-state index is 14.4. The molecule has 124 valence electrons. The van der Waals surface area contributed by atoms with Crippen LogP contribution < -0.4 is 10.5 Å². The number of nitrogens with two attached hydrogens (primary N) is 1. The summed E-state index contributed by atoms with van der Waals surface area (Å²) in [4.78, 5) is 12.5. The fraction of sp³-hybridized carbons (Fsp3) is 0.0588. The third-order valence-electron chi connectivity index (χ3n) is 3.78. The molecule has 0 saturated carbocycles. The molecule has 0 radical (unpaired) electrons. The summed E-state index contributed by atoms with van der Waals surface area (Å²) < 4.78 is 24.6. The Kier molecular flexibility index (Phi) is 3.50. The first-order valence-corrected chi connectivity index (χ1v) is 7.33. The number of hydrogen-bond acceptors (Lipinski definition) is 7. The number of nitrogens with zero attached hydrogens (tertiary/aromatic N) is 4. The van der Waals surface area contributed by atoms with Crippen molar-refractivity contribution in [1.29, 1.82) is 0 Å². The molecule has 25 heavy (non-hydrogen) atoms. The zero-order chi connectivity index (χ0) is 17.4. The number of fused-ring (bicyclic) bond motifs is 1. The molecule has 0 fully saturated rings. The van der Waals surface area contributed by atoms with Crippen molar-refractivity contribution in [3.8, 4) is 28.3 Å². The molecule has 0 amide bonds. The lowest BCUT2D eigenvalue weighted by atomic mass is 10.0. The van der Waals surface area contributed by atoms with E-state index in [1.54, 1.807) is 24.3 Å². The molecule has 1 aromatic carbocycles.